The van der Waals surface area contributed by atoms with Gasteiger partial charge in [0.25, 0.3) is 0 Å². The van der Waals surface area contributed by atoms with Crippen molar-refractivity contribution >= 4 is 34.2 Å². The third kappa shape index (κ3) is 4.92. The van der Waals surface area contributed by atoms with Crippen molar-refractivity contribution in [3.05, 3.63) is 79.7 Å². The van der Waals surface area contributed by atoms with Crippen LogP contribution in [0, 0.1) is 14.4 Å². The van der Waals surface area contributed by atoms with E-state index in [1.54, 1.807) is 6.07 Å². The first-order chi connectivity index (χ1) is 17.9. The first-order valence-corrected chi connectivity index (χ1v) is 14.4. The number of hydrogen-bond acceptors (Lipinski definition) is 5. The van der Waals surface area contributed by atoms with E-state index >= 15 is 0 Å². The maximum atomic E-state index is 14.0. The lowest BCUT2D eigenvalue weighted by Gasteiger charge is -2.49. The number of Topliss-reactive ketones (excluding diaryl/α,β-unsaturated/α-hetero) is 2. The predicted molar refractivity (Wildman–Crippen MR) is 157 cm³/mol. The van der Waals surface area contributed by atoms with Gasteiger partial charge in [-0.25, -0.2) is 0 Å². The van der Waals surface area contributed by atoms with Crippen LogP contribution in [0.3, 0.4) is 0 Å². The number of nitrogens with zero attached hydrogens (tertiary/aromatic N) is 1. The van der Waals surface area contributed by atoms with Crippen molar-refractivity contribution < 1.29 is 19.4 Å². The molecule has 0 bridgehead atoms. The van der Waals surface area contributed by atoms with Gasteiger partial charge in [0.15, 0.2) is 23.1 Å². The van der Waals surface area contributed by atoms with E-state index < -0.39 is 5.92 Å². The summed E-state index contributed by atoms with van der Waals surface area (Å²) in [5.74, 6) is 0.195. The van der Waals surface area contributed by atoms with Crippen LogP contribution in [0.25, 0.3) is 0 Å². The fraction of sp³-hybridized carbons (Fsp3) is 0.438. The number of phenols is 1. The van der Waals surface area contributed by atoms with Gasteiger partial charge in [0.1, 0.15) is 0 Å². The normalized spacial score (nSPS) is 20.9. The number of hydrogen-bond donors (Lipinski definition) is 1. The van der Waals surface area contributed by atoms with Crippen LogP contribution in [-0.4, -0.2) is 35.2 Å². The Morgan fingerprint density at radius 2 is 1.47 bits per heavy atom. The number of benzene rings is 2. The first-order valence-electron chi connectivity index (χ1n) is 13.3. The van der Waals surface area contributed by atoms with Gasteiger partial charge in [-0.1, -0.05) is 58.0 Å². The molecule has 3 aliphatic rings. The van der Waals surface area contributed by atoms with Crippen molar-refractivity contribution in [3.8, 4) is 11.5 Å². The summed E-state index contributed by atoms with van der Waals surface area (Å²) in [6, 6.07) is 14.1. The lowest BCUT2D eigenvalue weighted by atomic mass is 9.63. The highest BCUT2D eigenvalue weighted by molar-refractivity contribution is 14.1. The van der Waals surface area contributed by atoms with Crippen LogP contribution < -0.4 is 4.74 Å². The first kappa shape index (κ1) is 27.0. The molecule has 1 N–H and O–H groups in total. The molecule has 0 amide bonds. The molecule has 5 rings (SSSR count). The van der Waals surface area contributed by atoms with Gasteiger partial charge >= 0.3 is 0 Å². The second-order valence-corrected chi connectivity index (χ2v) is 13.6. The van der Waals surface area contributed by atoms with Crippen LogP contribution in [0.4, 0.5) is 0 Å². The summed E-state index contributed by atoms with van der Waals surface area (Å²) in [7, 11) is 1.53. The third-order valence-electron chi connectivity index (χ3n) is 8.09. The number of carbonyl (C=O) groups excluding carboxylic acids is 2. The van der Waals surface area contributed by atoms with Crippen molar-refractivity contribution in [2.45, 2.75) is 65.7 Å². The molecule has 2 aromatic carbocycles. The molecule has 5 nitrogen and oxygen atoms in total. The standard InChI is InChI=1S/C32H36INO4/c1-31(2)15-22-28(24(35)17-31)27(20-13-21(33)30(37)26(14-20)38-5)29-23(16-32(3,4)18-25(29)36)34(22)12-11-19-9-7-6-8-10-19/h6-10,13-14,27,37H,11-12,15-18H2,1-5H3. The van der Waals surface area contributed by atoms with E-state index in [4.69, 9.17) is 4.74 Å². The van der Waals surface area contributed by atoms with E-state index in [-0.39, 0.29) is 28.1 Å². The van der Waals surface area contributed by atoms with E-state index in [0.29, 0.717) is 22.2 Å². The minimum Gasteiger partial charge on any atom is -0.504 e. The lowest BCUT2D eigenvalue weighted by molar-refractivity contribution is -0.119. The van der Waals surface area contributed by atoms with Gasteiger partial charge in [0, 0.05) is 47.8 Å². The second kappa shape index (κ2) is 9.85. The highest BCUT2D eigenvalue weighted by atomic mass is 127. The Hall–Kier alpha value is -2.61. The molecule has 1 aliphatic heterocycles. The van der Waals surface area contributed by atoms with Crippen LogP contribution in [0.1, 0.15) is 70.4 Å². The Bertz CT molecular complexity index is 1320. The van der Waals surface area contributed by atoms with Gasteiger partial charge in [0.05, 0.1) is 10.7 Å². The Morgan fingerprint density at radius 1 is 0.921 bits per heavy atom. The maximum absolute atomic E-state index is 14.0. The van der Waals surface area contributed by atoms with Crippen molar-refractivity contribution in [2.75, 3.05) is 13.7 Å². The Labute approximate surface area is 239 Å². The van der Waals surface area contributed by atoms with Gasteiger partial charge in [0.2, 0.25) is 0 Å². The maximum Gasteiger partial charge on any atom is 0.171 e. The number of halogens is 1. The zero-order valence-corrected chi connectivity index (χ0v) is 25.0. The van der Waals surface area contributed by atoms with Crippen molar-refractivity contribution in [2.24, 2.45) is 10.8 Å². The quantitative estimate of drug-likeness (QED) is 0.365. The van der Waals surface area contributed by atoms with Gasteiger partial charge in [-0.05, 0) is 75.9 Å². The molecule has 38 heavy (non-hydrogen) atoms. The molecule has 6 heteroatoms. The molecule has 0 saturated carbocycles. The number of carbonyl (C=O) groups is 2. The van der Waals surface area contributed by atoms with Crippen molar-refractivity contribution in [3.63, 3.8) is 0 Å². The summed E-state index contributed by atoms with van der Waals surface area (Å²) in [5.41, 5.74) is 5.32. The number of ketones is 2. The summed E-state index contributed by atoms with van der Waals surface area (Å²) >= 11 is 2.09. The molecule has 2 aromatic rings. The number of methoxy groups -OCH3 is 1. The Balaban J connectivity index is 1.73. The molecule has 0 atom stereocenters. The molecule has 0 aromatic heterocycles. The fourth-order valence-corrected chi connectivity index (χ4v) is 7.08. The number of allylic oxidation sites excluding steroid dienone is 4. The highest BCUT2D eigenvalue weighted by Crippen LogP contribution is 2.55. The van der Waals surface area contributed by atoms with Crippen LogP contribution in [0.2, 0.25) is 0 Å². The summed E-state index contributed by atoms with van der Waals surface area (Å²) < 4.78 is 6.13. The molecule has 0 spiro atoms. The molecule has 0 saturated heterocycles. The van der Waals surface area contributed by atoms with Crippen LogP contribution >= 0.6 is 22.6 Å². The lowest BCUT2D eigenvalue weighted by Crippen LogP contribution is -2.45. The van der Waals surface area contributed by atoms with E-state index in [1.807, 2.05) is 12.1 Å². The van der Waals surface area contributed by atoms with Crippen LogP contribution in [0.5, 0.6) is 11.5 Å². The minimum atomic E-state index is -0.455. The molecule has 0 fully saturated rings. The molecule has 1 heterocycles. The largest absolute Gasteiger partial charge is 0.504 e. The van der Waals surface area contributed by atoms with Gasteiger partial charge in [-0.2, -0.15) is 0 Å². The van der Waals surface area contributed by atoms with E-state index in [2.05, 4.69) is 79.5 Å². The Morgan fingerprint density at radius 3 is 2.00 bits per heavy atom. The van der Waals surface area contributed by atoms with Gasteiger partial charge in [-0.15, -0.1) is 0 Å². The highest BCUT2D eigenvalue weighted by Gasteiger charge is 2.49. The average Bonchev–Trinajstić information content (AvgIpc) is 2.83. The molecular weight excluding hydrogens is 589 g/mol. The number of phenolic OH excluding ortho intramolecular Hbond substituents is 1. The topological polar surface area (TPSA) is 66.8 Å². The van der Waals surface area contributed by atoms with E-state index in [9.17, 15) is 14.7 Å². The van der Waals surface area contributed by atoms with Gasteiger partial charge < -0.3 is 14.7 Å². The summed E-state index contributed by atoms with van der Waals surface area (Å²) in [5, 5.41) is 10.5. The fourth-order valence-electron chi connectivity index (χ4n) is 6.45. The van der Waals surface area contributed by atoms with Crippen LogP contribution in [-0.2, 0) is 16.0 Å². The molecular formula is C32H36INO4. The number of rotatable bonds is 5. The summed E-state index contributed by atoms with van der Waals surface area (Å²) in [4.78, 5) is 30.3. The smallest absolute Gasteiger partial charge is 0.171 e. The number of ether oxygens (including phenoxy) is 1. The zero-order chi connectivity index (χ0) is 27.4. The third-order valence-corrected chi connectivity index (χ3v) is 8.92. The monoisotopic (exact) mass is 625 g/mol. The van der Waals surface area contributed by atoms with Gasteiger partial charge in [-0.3, -0.25) is 9.59 Å². The molecule has 0 unspecified atom stereocenters. The number of aromatic hydroxyl groups is 1. The van der Waals surface area contributed by atoms with E-state index in [1.165, 1.54) is 12.7 Å². The van der Waals surface area contributed by atoms with Crippen molar-refractivity contribution in [1.82, 2.24) is 4.90 Å². The second-order valence-electron chi connectivity index (χ2n) is 12.5. The molecule has 0 radical (unpaired) electrons. The average molecular weight is 626 g/mol. The predicted octanol–water partition coefficient (Wildman–Crippen LogP) is 6.93. The summed E-state index contributed by atoms with van der Waals surface area (Å²) in [6.07, 6.45) is 3.27. The zero-order valence-electron chi connectivity index (χ0n) is 22.9. The molecule has 200 valence electrons. The SMILES string of the molecule is COc1cc(C2C3=C(CC(C)(C)CC3=O)N(CCc3ccccc3)C3=C2C(=O)CC(C)(C)C3)cc(I)c1O. The summed E-state index contributed by atoms with van der Waals surface area (Å²) in [6.45, 7) is 9.35. The van der Waals surface area contributed by atoms with E-state index in [0.717, 1.165) is 53.9 Å². The minimum absolute atomic E-state index is 0.0766. The van der Waals surface area contributed by atoms with Crippen molar-refractivity contribution in [1.29, 1.82) is 0 Å². The van der Waals surface area contributed by atoms with Crippen LogP contribution in [0.15, 0.2) is 65.0 Å². The molecule has 2 aliphatic carbocycles. The Kier molecular flexibility index (Phi) is 6.99.